The maximum atomic E-state index is 4.83. The first-order chi connectivity index (χ1) is 11.7. The van der Waals surface area contributed by atoms with Crippen molar-refractivity contribution >= 4 is 26.8 Å². The van der Waals surface area contributed by atoms with Crippen LogP contribution in [0.1, 0.15) is 5.69 Å². The van der Waals surface area contributed by atoms with E-state index in [0.717, 1.165) is 38.0 Å². The van der Waals surface area contributed by atoms with Crippen molar-refractivity contribution < 1.29 is 0 Å². The van der Waals surface area contributed by atoms with Crippen LogP contribution in [0.4, 0.5) is 0 Å². The summed E-state index contributed by atoms with van der Waals surface area (Å²) in [6.07, 6.45) is 0. The summed E-state index contributed by atoms with van der Waals surface area (Å²) in [6.45, 7) is 1.97. The van der Waals surface area contributed by atoms with Crippen LogP contribution in [0.3, 0.4) is 0 Å². The number of aryl methyl sites for hydroxylation is 1. The minimum absolute atomic E-state index is 0.646. The average Bonchev–Trinajstić information content (AvgIpc) is 2.61. The lowest BCUT2D eigenvalue weighted by Gasteiger charge is -2.09. The number of para-hydroxylation sites is 1. The second-order valence-electron chi connectivity index (χ2n) is 5.59. The van der Waals surface area contributed by atoms with Crippen molar-refractivity contribution in [2.75, 3.05) is 0 Å². The van der Waals surface area contributed by atoms with Crippen LogP contribution in [0.15, 0.2) is 71.2 Å². The molecule has 0 N–H and O–H groups in total. The summed E-state index contributed by atoms with van der Waals surface area (Å²) in [4.78, 5) is 14.1. The van der Waals surface area contributed by atoms with Crippen molar-refractivity contribution in [3.05, 3.63) is 76.9 Å². The van der Waals surface area contributed by atoms with Crippen molar-refractivity contribution in [3.63, 3.8) is 0 Å². The molecule has 0 aliphatic heterocycles. The van der Waals surface area contributed by atoms with Gasteiger partial charge in [0.2, 0.25) is 0 Å². The maximum Gasteiger partial charge on any atom is 0.179 e. The topological polar surface area (TPSA) is 38.7 Å². The Morgan fingerprint density at radius 1 is 0.792 bits per heavy atom. The van der Waals surface area contributed by atoms with Crippen molar-refractivity contribution in [1.29, 1.82) is 0 Å². The van der Waals surface area contributed by atoms with Crippen LogP contribution in [0.25, 0.3) is 33.7 Å². The van der Waals surface area contributed by atoms with Crippen molar-refractivity contribution in [3.8, 4) is 22.8 Å². The predicted molar refractivity (Wildman–Crippen MR) is 101 cm³/mol. The molecule has 0 saturated heterocycles. The van der Waals surface area contributed by atoms with Gasteiger partial charge in [0.25, 0.3) is 0 Å². The minimum atomic E-state index is 0.646. The van der Waals surface area contributed by atoms with Gasteiger partial charge in [0.15, 0.2) is 5.82 Å². The third-order valence-electron chi connectivity index (χ3n) is 3.82. The highest BCUT2D eigenvalue weighted by molar-refractivity contribution is 9.10. The molecule has 3 nitrogen and oxygen atoms in total. The summed E-state index contributed by atoms with van der Waals surface area (Å²) in [5, 5.41) is 1.03. The highest BCUT2D eigenvalue weighted by Gasteiger charge is 2.12. The Morgan fingerprint density at radius 2 is 1.62 bits per heavy atom. The third kappa shape index (κ3) is 2.81. The van der Waals surface area contributed by atoms with Crippen LogP contribution in [-0.2, 0) is 0 Å². The Morgan fingerprint density at radius 3 is 2.46 bits per heavy atom. The molecule has 0 bridgehead atoms. The maximum absolute atomic E-state index is 4.83. The fraction of sp³-hybridized carbons (Fsp3) is 0.0500. The van der Waals surface area contributed by atoms with Gasteiger partial charge in [-0.1, -0.05) is 52.3 Å². The standard InChI is InChI=1S/C20H14BrN3/c1-13-6-4-11-18(22-13)20-23-17-10-3-2-9-16(17)19(24-20)14-7-5-8-15(21)12-14/h2-12H,1H3. The molecule has 116 valence electrons. The molecule has 0 aliphatic rings. The predicted octanol–water partition coefficient (Wildman–Crippen LogP) is 5.43. The van der Waals surface area contributed by atoms with E-state index in [1.54, 1.807) is 0 Å². The van der Waals surface area contributed by atoms with Gasteiger partial charge < -0.3 is 0 Å². The monoisotopic (exact) mass is 375 g/mol. The van der Waals surface area contributed by atoms with E-state index in [2.05, 4.69) is 39.1 Å². The van der Waals surface area contributed by atoms with E-state index in [9.17, 15) is 0 Å². The Balaban J connectivity index is 2.01. The number of rotatable bonds is 2. The molecule has 2 heterocycles. The van der Waals surface area contributed by atoms with Gasteiger partial charge in [-0.05, 0) is 37.3 Å². The summed E-state index contributed by atoms with van der Waals surface area (Å²) < 4.78 is 1.03. The van der Waals surface area contributed by atoms with Gasteiger partial charge in [0.05, 0.1) is 11.2 Å². The average molecular weight is 376 g/mol. The molecular formula is C20H14BrN3. The highest BCUT2D eigenvalue weighted by Crippen LogP contribution is 2.29. The van der Waals surface area contributed by atoms with Crippen LogP contribution in [0.5, 0.6) is 0 Å². The van der Waals surface area contributed by atoms with Gasteiger partial charge in [-0.25, -0.2) is 15.0 Å². The van der Waals surface area contributed by atoms with Crippen molar-refractivity contribution in [2.24, 2.45) is 0 Å². The second-order valence-corrected chi connectivity index (χ2v) is 6.50. The summed E-state index contributed by atoms with van der Waals surface area (Å²) in [6, 6.07) is 22.1. The molecule has 24 heavy (non-hydrogen) atoms. The number of aromatic nitrogens is 3. The van der Waals surface area contributed by atoms with E-state index in [1.165, 1.54) is 0 Å². The number of fused-ring (bicyclic) bond motifs is 1. The molecular weight excluding hydrogens is 362 g/mol. The lowest BCUT2D eigenvalue weighted by Crippen LogP contribution is -1.97. The summed E-state index contributed by atoms with van der Waals surface area (Å²) >= 11 is 3.54. The zero-order valence-electron chi connectivity index (χ0n) is 13.1. The van der Waals surface area contributed by atoms with Crippen LogP contribution >= 0.6 is 15.9 Å². The van der Waals surface area contributed by atoms with Crippen LogP contribution < -0.4 is 0 Å². The number of halogens is 1. The molecule has 2 aromatic carbocycles. The molecule has 0 aliphatic carbocycles. The number of pyridine rings is 1. The molecule has 2 aromatic heterocycles. The number of hydrogen-bond donors (Lipinski definition) is 0. The normalized spacial score (nSPS) is 10.9. The molecule has 0 fully saturated rings. The van der Waals surface area contributed by atoms with Gasteiger partial charge >= 0.3 is 0 Å². The fourth-order valence-corrected chi connectivity index (χ4v) is 3.11. The minimum Gasteiger partial charge on any atom is -0.250 e. The molecule has 0 amide bonds. The number of nitrogens with zero attached hydrogens (tertiary/aromatic N) is 3. The summed E-state index contributed by atoms with van der Waals surface area (Å²) in [5.74, 6) is 0.646. The fourth-order valence-electron chi connectivity index (χ4n) is 2.71. The van der Waals surface area contributed by atoms with Gasteiger partial charge in [-0.3, -0.25) is 0 Å². The third-order valence-corrected chi connectivity index (χ3v) is 4.31. The highest BCUT2D eigenvalue weighted by atomic mass is 79.9. The molecule has 0 radical (unpaired) electrons. The van der Waals surface area contributed by atoms with Crippen LogP contribution in [-0.4, -0.2) is 15.0 Å². The molecule has 0 saturated carbocycles. The first kappa shape index (κ1) is 15.0. The second kappa shape index (κ2) is 6.13. The summed E-state index contributed by atoms with van der Waals surface area (Å²) in [5.41, 5.74) is 4.63. The molecule has 4 rings (SSSR count). The van der Waals surface area contributed by atoms with Gasteiger partial charge in [0.1, 0.15) is 5.69 Å². The van der Waals surface area contributed by atoms with Crippen LogP contribution in [0.2, 0.25) is 0 Å². The Kier molecular flexibility index (Phi) is 3.82. The Labute approximate surface area is 148 Å². The van der Waals surface area contributed by atoms with Crippen molar-refractivity contribution in [1.82, 2.24) is 15.0 Å². The van der Waals surface area contributed by atoms with Gasteiger partial charge in [-0.2, -0.15) is 0 Å². The number of hydrogen-bond acceptors (Lipinski definition) is 3. The van der Waals surface area contributed by atoms with E-state index in [1.807, 2.05) is 55.5 Å². The van der Waals surface area contributed by atoms with E-state index in [0.29, 0.717) is 5.82 Å². The lowest BCUT2D eigenvalue weighted by molar-refractivity contribution is 1.14. The van der Waals surface area contributed by atoms with E-state index < -0.39 is 0 Å². The Bertz CT molecular complexity index is 1040. The van der Waals surface area contributed by atoms with E-state index in [4.69, 9.17) is 9.97 Å². The van der Waals surface area contributed by atoms with Crippen molar-refractivity contribution in [2.45, 2.75) is 6.92 Å². The molecule has 0 atom stereocenters. The largest absolute Gasteiger partial charge is 0.250 e. The van der Waals surface area contributed by atoms with Gasteiger partial charge in [0, 0.05) is 21.1 Å². The Hall–Kier alpha value is -2.59. The zero-order valence-corrected chi connectivity index (χ0v) is 14.7. The first-order valence-electron chi connectivity index (χ1n) is 7.67. The van der Waals surface area contributed by atoms with E-state index in [-0.39, 0.29) is 0 Å². The SMILES string of the molecule is Cc1cccc(-c2nc(-c3cccc(Br)c3)c3ccccc3n2)n1. The molecule has 4 aromatic rings. The summed E-state index contributed by atoms with van der Waals surface area (Å²) in [7, 11) is 0. The van der Waals surface area contributed by atoms with E-state index >= 15 is 0 Å². The zero-order chi connectivity index (χ0) is 16.5. The molecule has 0 spiro atoms. The first-order valence-corrected chi connectivity index (χ1v) is 8.47. The van der Waals surface area contributed by atoms with Gasteiger partial charge in [-0.15, -0.1) is 0 Å². The molecule has 4 heteroatoms. The molecule has 0 unspecified atom stereocenters. The smallest absolute Gasteiger partial charge is 0.179 e. The van der Waals surface area contributed by atoms with Crippen LogP contribution in [0, 0.1) is 6.92 Å². The quantitative estimate of drug-likeness (QED) is 0.468. The number of benzene rings is 2. The lowest BCUT2D eigenvalue weighted by atomic mass is 10.1.